The van der Waals surface area contributed by atoms with E-state index in [0.29, 0.717) is 13.2 Å². The molecule has 2 fully saturated rings. The summed E-state index contributed by atoms with van der Waals surface area (Å²) in [4.78, 5) is 0. The molecule has 0 spiro atoms. The molecule has 0 N–H and O–H groups in total. The predicted octanol–water partition coefficient (Wildman–Crippen LogP) is 3.88. The van der Waals surface area contributed by atoms with E-state index >= 15 is 0 Å². The van der Waals surface area contributed by atoms with Gasteiger partial charge in [0.15, 0.2) is 0 Å². The monoisotopic (exact) mass is 354 g/mol. The maximum atomic E-state index is 5.85. The first-order chi connectivity index (χ1) is 12.5. The van der Waals surface area contributed by atoms with Crippen molar-refractivity contribution in [2.24, 2.45) is 0 Å². The molecule has 2 heterocycles. The van der Waals surface area contributed by atoms with E-state index in [9.17, 15) is 0 Å². The molecule has 2 aliphatic heterocycles. The molecule has 0 aliphatic carbocycles. The zero-order chi connectivity index (χ0) is 18.1. The Morgan fingerprint density at radius 1 is 0.885 bits per heavy atom. The Kier molecular flexibility index (Phi) is 4.63. The normalized spacial score (nSPS) is 21.3. The van der Waals surface area contributed by atoms with Crippen molar-refractivity contribution < 1.29 is 18.9 Å². The summed E-state index contributed by atoms with van der Waals surface area (Å²) in [6.07, 6.45) is 0.555. The van der Waals surface area contributed by atoms with Gasteiger partial charge in [0.05, 0.1) is 13.2 Å². The van der Waals surface area contributed by atoms with Crippen molar-refractivity contribution in [2.75, 3.05) is 26.4 Å². The summed E-state index contributed by atoms with van der Waals surface area (Å²) < 4.78 is 22.0. The van der Waals surface area contributed by atoms with Gasteiger partial charge >= 0.3 is 0 Å². The third kappa shape index (κ3) is 4.02. The molecule has 2 saturated heterocycles. The van der Waals surface area contributed by atoms with E-state index in [4.69, 9.17) is 18.9 Å². The highest BCUT2D eigenvalue weighted by atomic mass is 16.6. The highest BCUT2D eigenvalue weighted by molar-refractivity contribution is 5.45. The van der Waals surface area contributed by atoms with E-state index in [1.54, 1.807) is 0 Å². The lowest BCUT2D eigenvalue weighted by Crippen LogP contribution is -2.19. The molecule has 4 rings (SSSR count). The topological polar surface area (TPSA) is 43.5 Å². The van der Waals surface area contributed by atoms with Gasteiger partial charge in [-0.05, 0) is 41.8 Å². The van der Waals surface area contributed by atoms with Crippen LogP contribution in [-0.2, 0) is 14.9 Å². The van der Waals surface area contributed by atoms with Crippen LogP contribution < -0.4 is 9.47 Å². The standard InChI is InChI=1S/C22H26O4/c1-15-10-17(6-9-21(15)26-14-20-13-25-20)22(2,3)16-4-7-18(8-5-16)23-11-19-12-24-19/h4-10,19-20H,11-14H2,1-3H3. The third-order valence-corrected chi connectivity index (χ3v) is 5.14. The Morgan fingerprint density at radius 2 is 1.46 bits per heavy atom. The van der Waals surface area contributed by atoms with Gasteiger partial charge < -0.3 is 18.9 Å². The molecule has 138 valence electrons. The average molecular weight is 354 g/mol. The predicted molar refractivity (Wildman–Crippen MR) is 100 cm³/mol. The summed E-state index contributed by atoms with van der Waals surface area (Å²) >= 11 is 0. The molecule has 2 aliphatic rings. The van der Waals surface area contributed by atoms with Crippen molar-refractivity contribution in [1.82, 2.24) is 0 Å². The van der Waals surface area contributed by atoms with Crippen molar-refractivity contribution in [1.29, 1.82) is 0 Å². The number of hydrogen-bond acceptors (Lipinski definition) is 4. The fraction of sp³-hybridized carbons (Fsp3) is 0.455. The van der Waals surface area contributed by atoms with Gasteiger partial charge in [-0.25, -0.2) is 0 Å². The molecule has 4 heteroatoms. The highest BCUT2D eigenvalue weighted by Gasteiger charge is 2.26. The van der Waals surface area contributed by atoms with Gasteiger partial charge in [0.1, 0.15) is 36.9 Å². The Morgan fingerprint density at radius 3 is 2.04 bits per heavy atom. The van der Waals surface area contributed by atoms with Gasteiger partial charge in [-0.1, -0.05) is 38.1 Å². The molecule has 26 heavy (non-hydrogen) atoms. The largest absolute Gasteiger partial charge is 0.491 e. The number of rotatable bonds is 8. The van der Waals surface area contributed by atoms with E-state index in [1.807, 2.05) is 12.1 Å². The lowest BCUT2D eigenvalue weighted by Gasteiger charge is -2.27. The van der Waals surface area contributed by atoms with E-state index in [0.717, 1.165) is 30.3 Å². The molecule has 2 aromatic carbocycles. The van der Waals surface area contributed by atoms with E-state index in [-0.39, 0.29) is 17.6 Å². The second kappa shape index (κ2) is 6.93. The Labute approximate surface area is 155 Å². The highest BCUT2D eigenvalue weighted by Crippen LogP contribution is 2.35. The van der Waals surface area contributed by atoms with Crippen LogP contribution in [0.3, 0.4) is 0 Å². The second-order valence-electron chi connectivity index (χ2n) is 7.66. The van der Waals surface area contributed by atoms with Gasteiger partial charge in [-0.3, -0.25) is 0 Å². The van der Waals surface area contributed by atoms with Crippen molar-refractivity contribution in [3.05, 3.63) is 59.2 Å². The van der Waals surface area contributed by atoms with Crippen LogP contribution in [0.2, 0.25) is 0 Å². The average Bonchev–Trinajstić information content (AvgIpc) is 3.54. The molecule has 2 unspecified atom stereocenters. The first kappa shape index (κ1) is 17.4. The van der Waals surface area contributed by atoms with Crippen LogP contribution in [0.1, 0.15) is 30.5 Å². The minimum absolute atomic E-state index is 0.0962. The number of benzene rings is 2. The molecule has 2 atom stereocenters. The number of ether oxygens (including phenoxy) is 4. The Balaban J connectivity index is 1.46. The second-order valence-corrected chi connectivity index (χ2v) is 7.66. The van der Waals surface area contributed by atoms with Gasteiger partial charge in [0.2, 0.25) is 0 Å². The van der Waals surface area contributed by atoms with Gasteiger partial charge in [0, 0.05) is 5.41 Å². The third-order valence-electron chi connectivity index (χ3n) is 5.14. The van der Waals surface area contributed by atoms with E-state index < -0.39 is 0 Å². The summed E-state index contributed by atoms with van der Waals surface area (Å²) in [5, 5.41) is 0. The van der Waals surface area contributed by atoms with Crippen molar-refractivity contribution in [3.63, 3.8) is 0 Å². The van der Waals surface area contributed by atoms with Crippen molar-refractivity contribution >= 4 is 0 Å². The van der Waals surface area contributed by atoms with Crippen LogP contribution in [0.25, 0.3) is 0 Å². The van der Waals surface area contributed by atoms with Crippen LogP contribution in [0.5, 0.6) is 11.5 Å². The lowest BCUT2D eigenvalue weighted by molar-refractivity contribution is 0.261. The Bertz CT molecular complexity index is 758. The molecule has 0 saturated carbocycles. The summed E-state index contributed by atoms with van der Waals surface area (Å²) in [5.41, 5.74) is 3.58. The summed E-state index contributed by atoms with van der Waals surface area (Å²) in [7, 11) is 0. The zero-order valence-corrected chi connectivity index (χ0v) is 15.7. The Hall–Kier alpha value is -2.04. The quantitative estimate of drug-likeness (QED) is 0.675. The summed E-state index contributed by atoms with van der Waals surface area (Å²) in [5.74, 6) is 1.83. The van der Waals surface area contributed by atoms with E-state index in [1.165, 1.54) is 11.1 Å². The van der Waals surface area contributed by atoms with Gasteiger partial charge in [-0.2, -0.15) is 0 Å². The van der Waals surface area contributed by atoms with Crippen LogP contribution in [-0.4, -0.2) is 38.6 Å². The number of hydrogen-bond donors (Lipinski definition) is 0. The van der Waals surface area contributed by atoms with Crippen LogP contribution in [0.15, 0.2) is 42.5 Å². The van der Waals surface area contributed by atoms with Crippen molar-refractivity contribution in [2.45, 2.75) is 38.4 Å². The van der Waals surface area contributed by atoms with Gasteiger partial charge in [-0.15, -0.1) is 0 Å². The lowest BCUT2D eigenvalue weighted by atomic mass is 9.77. The molecule has 0 bridgehead atoms. The fourth-order valence-corrected chi connectivity index (χ4v) is 3.04. The minimum atomic E-state index is -0.0962. The van der Waals surface area contributed by atoms with Crippen LogP contribution >= 0.6 is 0 Å². The first-order valence-corrected chi connectivity index (χ1v) is 9.23. The number of aryl methyl sites for hydroxylation is 1. The molecule has 2 aromatic rings. The molecule has 0 aromatic heterocycles. The number of epoxide rings is 2. The smallest absolute Gasteiger partial charge is 0.122 e. The molecular formula is C22H26O4. The van der Waals surface area contributed by atoms with Crippen molar-refractivity contribution in [3.8, 4) is 11.5 Å². The van der Waals surface area contributed by atoms with Crippen LogP contribution in [0.4, 0.5) is 0 Å². The molecule has 0 amide bonds. The maximum absolute atomic E-state index is 5.85. The zero-order valence-electron chi connectivity index (χ0n) is 15.7. The minimum Gasteiger partial charge on any atom is -0.491 e. The SMILES string of the molecule is Cc1cc(C(C)(C)c2ccc(OCC3CO3)cc2)ccc1OCC1CO1. The van der Waals surface area contributed by atoms with Crippen LogP contribution in [0, 0.1) is 6.92 Å². The van der Waals surface area contributed by atoms with E-state index in [2.05, 4.69) is 51.1 Å². The maximum Gasteiger partial charge on any atom is 0.122 e. The summed E-state index contributed by atoms with van der Waals surface area (Å²) in [6.45, 7) is 9.49. The molecule has 0 radical (unpaired) electrons. The van der Waals surface area contributed by atoms with Gasteiger partial charge in [0.25, 0.3) is 0 Å². The first-order valence-electron chi connectivity index (χ1n) is 9.23. The molecular weight excluding hydrogens is 328 g/mol. The summed E-state index contributed by atoms with van der Waals surface area (Å²) in [6, 6.07) is 14.8. The molecule has 4 nitrogen and oxygen atoms in total. The fourth-order valence-electron chi connectivity index (χ4n) is 3.04.